The van der Waals surface area contributed by atoms with Gasteiger partial charge in [0.2, 0.25) is 0 Å². The SMILES string of the molecule is C=NOC(=NCc1ccc(CN2CCCC2)cc1)c1ccc(OCC)c(OCC)c1. The molecule has 160 valence electrons. The molecule has 30 heavy (non-hydrogen) atoms. The first-order valence-corrected chi connectivity index (χ1v) is 10.6. The number of ether oxygens (including phenoxy) is 2. The maximum absolute atomic E-state index is 5.70. The number of hydrogen-bond donors (Lipinski definition) is 0. The van der Waals surface area contributed by atoms with E-state index in [9.17, 15) is 0 Å². The summed E-state index contributed by atoms with van der Waals surface area (Å²) in [6.45, 7) is 12.3. The van der Waals surface area contributed by atoms with E-state index in [1.54, 1.807) is 0 Å². The van der Waals surface area contributed by atoms with E-state index in [1.807, 2.05) is 32.0 Å². The standard InChI is InChI=1S/C24H31N3O3/c1-4-28-22-13-12-21(16-23(22)29-5-2)24(30-25-3)26-17-19-8-10-20(11-9-19)18-27-14-6-7-15-27/h8-13,16H,3-7,14-15,17-18H2,1-2H3. The number of rotatable bonds is 10. The second-order valence-electron chi connectivity index (χ2n) is 7.17. The van der Waals surface area contributed by atoms with Crippen LogP contribution in [-0.2, 0) is 17.9 Å². The number of likely N-dealkylation sites (tertiary alicyclic amines) is 1. The van der Waals surface area contributed by atoms with Crippen molar-refractivity contribution in [2.75, 3.05) is 26.3 Å². The van der Waals surface area contributed by atoms with Crippen molar-refractivity contribution in [3.8, 4) is 11.5 Å². The second-order valence-corrected chi connectivity index (χ2v) is 7.17. The molecule has 0 atom stereocenters. The Labute approximate surface area is 179 Å². The number of aliphatic imine (C=N–C) groups is 1. The molecule has 0 radical (unpaired) electrons. The van der Waals surface area contributed by atoms with Gasteiger partial charge in [0.15, 0.2) is 11.5 Å². The van der Waals surface area contributed by atoms with Gasteiger partial charge in [-0.25, -0.2) is 4.99 Å². The largest absolute Gasteiger partial charge is 0.490 e. The van der Waals surface area contributed by atoms with E-state index in [1.165, 1.54) is 31.5 Å². The van der Waals surface area contributed by atoms with Gasteiger partial charge in [-0.1, -0.05) is 29.4 Å². The Morgan fingerprint density at radius 2 is 1.60 bits per heavy atom. The number of nitrogens with zero attached hydrogens (tertiary/aromatic N) is 3. The fourth-order valence-corrected chi connectivity index (χ4v) is 3.53. The van der Waals surface area contributed by atoms with Gasteiger partial charge in [-0.3, -0.25) is 4.90 Å². The minimum Gasteiger partial charge on any atom is -0.490 e. The Morgan fingerprint density at radius 1 is 0.933 bits per heavy atom. The minimum atomic E-state index is 0.398. The van der Waals surface area contributed by atoms with Crippen LogP contribution in [0.25, 0.3) is 0 Å². The molecule has 1 saturated heterocycles. The summed E-state index contributed by atoms with van der Waals surface area (Å²) < 4.78 is 11.3. The van der Waals surface area contributed by atoms with Crippen molar-refractivity contribution in [2.45, 2.75) is 39.8 Å². The van der Waals surface area contributed by atoms with Crippen molar-refractivity contribution in [3.63, 3.8) is 0 Å². The predicted octanol–water partition coefficient (Wildman–Crippen LogP) is 4.66. The minimum absolute atomic E-state index is 0.398. The smallest absolute Gasteiger partial charge is 0.251 e. The molecule has 0 N–H and O–H groups in total. The van der Waals surface area contributed by atoms with E-state index in [-0.39, 0.29) is 0 Å². The lowest BCUT2D eigenvalue weighted by Gasteiger charge is -2.14. The topological polar surface area (TPSA) is 55.7 Å². The zero-order chi connectivity index (χ0) is 21.2. The first-order chi connectivity index (χ1) is 14.7. The molecule has 0 spiro atoms. The quantitative estimate of drug-likeness (QED) is 0.325. The van der Waals surface area contributed by atoms with Crippen LogP contribution in [0.2, 0.25) is 0 Å². The molecule has 0 unspecified atom stereocenters. The van der Waals surface area contributed by atoms with Gasteiger partial charge in [-0.2, -0.15) is 0 Å². The Balaban J connectivity index is 1.72. The van der Waals surface area contributed by atoms with Gasteiger partial charge < -0.3 is 14.3 Å². The first-order valence-electron chi connectivity index (χ1n) is 10.6. The third kappa shape index (κ3) is 6.07. The third-order valence-corrected chi connectivity index (χ3v) is 4.97. The molecule has 1 aliphatic rings. The highest BCUT2D eigenvalue weighted by Gasteiger charge is 2.13. The number of hydrogen-bond acceptors (Lipinski definition) is 6. The van der Waals surface area contributed by atoms with Crippen LogP contribution in [0, 0.1) is 0 Å². The fourth-order valence-electron chi connectivity index (χ4n) is 3.53. The zero-order valence-corrected chi connectivity index (χ0v) is 18.0. The van der Waals surface area contributed by atoms with Crippen molar-refractivity contribution in [2.24, 2.45) is 10.1 Å². The van der Waals surface area contributed by atoms with Crippen LogP contribution in [0.1, 0.15) is 43.4 Å². The lowest BCUT2D eigenvalue weighted by Crippen LogP contribution is -2.18. The molecule has 0 bridgehead atoms. The molecule has 2 aromatic rings. The molecule has 6 nitrogen and oxygen atoms in total. The maximum atomic E-state index is 5.70. The average molecular weight is 410 g/mol. The summed E-state index contributed by atoms with van der Waals surface area (Å²) in [5, 5.41) is 3.57. The lowest BCUT2D eigenvalue weighted by atomic mass is 10.1. The van der Waals surface area contributed by atoms with Crippen LogP contribution in [0.3, 0.4) is 0 Å². The van der Waals surface area contributed by atoms with Crippen LogP contribution in [0.4, 0.5) is 0 Å². The average Bonchev–Trinajstić information content (AvgIpc) is 3.27. The predicted molar refractivity (Wildman–Crippen MR) is 121 cm³/mol. The van der Waals surface area contributed by atoms with Gasteiger partial charge in [-0.05, 0) is 69.1 Å². The van der Waals surface area contributed by atoms with Gasteiger partial charge in [0.1, 0.15) is 0 Å². The maximum Gasteiger partial charge on any atom is 0.251 e. The molecule has 1 aliphatic heterocycles. The summed E-state index contributed by atoms with van der Waals surface area (Å²) in [6.07, 6.45) is 2.62. The normalized spacial score (nSPS) is 14.5. The Morgan fingerprint density at radius 3 is 2.27 bits per heavy atom. The molecule has 1 fully saturated rings. The lowest BCUT2D eigenvalue weighted by molar-refractivity contribution is 0.287. The molecule has 6 heteroatoms. The van der Waals surface area contributed by atoms with Crippen molar-refractivity contribution in [1.29, 1.82) is 0 Å². The van der Waals surface area contributed by atoms with Crippen molar-refractivity contribution in [1.82, 2.24) is 4.90 Å². The van der Waals surface area contributed by atoms with Gasteiger partial charge in [0.05, 0.1) is 19.8 Å². The summed E-state index contributed by atoms with van der Waals surface area (Å²) in [5.41, 5.74) is 3.21. The third-order valence-electron chi connectivity index (χ3n) is 4.97. The Bertz CT molecular complexity index is 843. The van der Waals surface area contributed by atoms with Crippen LogP contribution in [0.15, 0.2) is 52.6 Å². The van der Waals surface area contributed by atoms with Gasteiger partial charge in [0, 0.05) is 18.8 Å². The summed E-state index contributed by atoms with van der Waals surface area (Å²) in [4.78, 5) is 12.5. The van der Waals surface area contributed by atoms with Crippen molar-refractivity contribution >= 4 is 12.6 Å². The summed E-state index contributed by atoms with van der Waals surface area (Å²) in [6, 6.07) is 14.2. The van der Waals surface area contributed by atoms with E-state index in [0.717, 1.165) is 17.7 Å². The number of oxime groups is 1. The van der Waals surface area contributed by atoms with Crippen molar-refractivity contribution in [3.05, 3.63) is 59.2 Å². The summed E-state index contributed by atoms with van der Waals surface area (Å²) >= 11 is 0. The summed E-state index contributed by atoms with van der Waals surface area (Å²) in [5.74, 6) is 1.75. The van der Waals surface area contributed by atoms with E-state index >= 15 is 0 Å². The van der Waals surface area contributed by atoms with Crippen LogP contribution < -0.4 is 9.47 Å². The van der Waals surface area contributed by atoms with Crippen LogP contribution >= 0.6 is 0 Å². The molecular weight excluding hydrogens is 378 g/mol. The zero-order valence-electron chi connectivity index (χ0n) is 18.0. The molecule has 0 saturated carbocycles. The number of benzene rings is 2. The van der Waals surface area contributed by atoms with E-state index in [2.05, 4.69) is 46.0 Å². The second kappa shape index (κ2) is 11.4. The van der Waals surface area contributed by atoms with Crippen molar-refractivity contribution < 1.29 is 14.3 Å². The van der Waals surface area contributed by atoms with E-state index in [4.69, 9.17) is 14.3 Å². The molecule has 1 heterocycles. The molecule has 0 aliphatic carbocycles. The fraction of sp³-hybridized carbons (Fsp3) is 0.417. The van der Waals surface area contributed by atoms with Crippen LogP contribution in [-0.4, -0.2) is 43.8 Å². The van der Waals surface area contributed by atoms with Crippen LogP contribution in [0.5, 0.6) is 11.5 Å². The molecule has 0 amide bonds. The molecular formula is C24H31N3O3. The molecule has 0 aromatic heterocycles. The highest BCUT2D eigenvalue weighted by molar-refractivity contribution is 5.94. The van der Waals surface area contributed by atoms with Gasteiger partial charge in [-0.15, -0.1) is 0 Å². The summed E-state index contributed by atoms with van der Waals surface area (Å²) in [7, 11) is 0. The van der Waals surface area contributed by atoms with Gasteiger partial charge in [0.25, 0.3) is 5.90 Å². The first kappa shape index (κ1) is 21.8. The van der Waals surface area contributed by atoms with E-state index < -0.39 is 0 Å². The van der Waals surface area contributed by atoms with Gasteiger partial charge >= 0.3 is 0 Å². The Kier molecular flexibility index (Phi) is 8.27. The van der Waals surface area contributed by atoms with E-state index in [0.29, 0.717) is 37.2 Å². The highest BCUT2D eigenvalue weighted by atomic mass is 16.6. The molecule has 3 rings (SSSR count). The Hall–Kier alpha value is -2.86. The monoisotopic (exact) mass is 409 g/mol. The molecule has 2 aromatic carbocycles. The highest BCUT2D eigenvalue weighted by Crippen LogP contribution is 2.29.